The predicted molar refractivity (Wildman–Crippen MR) is 327 cm³/mol. The third-order valence-electron chi connectivity index (χ3n) is 13.1. The first-order valence-corrected chi connectivity index (χ1v) is 32.4. The number of hydrogen-bond donors (Lipinski definition) is 0. The van der Waals surface area contributed by atoms with Crippen LogP contribution in [0.25, 0.3) is 0 Å². The Morgan fingerprint density at radius 3 is 0.863 bits per heavy atom. The molecule has 11 heteroatoms. The van der Waals surface area contributed by atoms with Crippen molar-refractivity contribution in [1.29, 1.82) is 0 Å². The molecular formula is C62H136N4O6Si. The minimum atomic E-state index is -0.843. The van der Waals surface area contributed by atoms with E-state index in [1.165, 1.54) is 38.0 Å². The Bertz CT molecular complexity index is 1100. The summed E-state index contributed by atoms with van der Waals surface area (Å²) < 4.78 is 16.1. The highest BCUT2D eigenvalue weighted by Gasteiger charge is 2.35. The average molecular weight is 1060 g/mol. The van der Waals surface area contributed by atoms with E-state index < -0.39 is 8.07 Å². The molecule has 0 atom stereocenters. The van der Waals surface area contributed by atoms with Crippen LogP contribution in [0.15, 0.2) is 0 Å². The van der Waals surface area contributed by atoms with Crippen LogP contribution in [0.1, 0.15) is 207 Å². The largest absolute Gasteiger partial charge is 0.381 e. The van der Waals surface area contributed by atoms with Gasteiger partial charge in [-0.2, -0.15) is 0 Å². The number of rotatable bonds is 26. The topological polar surface area (TPSA) is 91.9 Å². The second-order valence-corrected chi connectivity index (χ2v) is 31.3. The lowest BCUT2D eigenvalue weighted by Crippen LogP contribution is -2.48. The molecule has 0 unspecified atom stereocenters. The quantitative estimate of drug-likeness (QED) is 0.0780. The summed E-state index contributed by atoms with van der Waals surface area (Å²) in [5.74, 6) is 4.33. The number of carbonyl (C=O) groups excluding carboxylic acids is 3. The summed E-state index contributed by atoms with van der Waals surface area (Å²) in [5.41, 5.74) is 0.974. The third kappa shape index (κ3) is 60.0. The highest BCUT2D eigenvalue weighted by Crippen LogP contribution is 2.33. The van der Waals surface area contributed by atoms with Gasteiger partial charge in [0.2, 0.25) is 0 Å². The van der Waals surface area contributed by atoms with E-state index in [-0.39, 0.29) is 17.8 Å². The van der Waals surface area contributed by atoms with Crippen molar-refractivity contribution in [2.45, 2.75) is 267 Å². The van der Waals surface area contributed by atoms with Crippen molar-refractivity contribution < 1.29 is 28.6 Å². The zero-order valence-electron chi connectivity index (χ0n) is 55.5. The Morgan fingerprint density at radius 2 is 0.699 bits per heavy atom. The second kappa shape index (κ2) is 49.3. The maximum Gasteiger partial charge on any atom is 0.149 e. The van der Waals surface area contributed by atoms with Crippen LogP contribution in [0.4, 0.5) is 0 Å². The van der Waals surface area contributed by atoms with Gasteiger partial charge < -0.3 is 19.1 Å². The molecule has 10 nitrogen and oxygen atoms in total. The molecule has 0 bridgehead atoms. The molecule has 0 saturated carbocycles. The van der Waals surface area contributed by atoms with Crippen molar-refractivity contribution in [2.24, 2.45) is 41.4 Å². The molecule has 1 heterocycles. The Kier molecular flexibility index (Phi) is 56.2. The van der Waals surface area contributed by atoms with Crippen LogP contribution in [0, 0.1) is 41.4 Å². The van der Waals surface area contributed by atoms with Gasteiger partial charge in [0, 0.05) is 68.3 Å². The van der Waals surface area contributed by atoms with Crippen molar-refractivity contribution in [3.05, 3.63) is 0 Å². The molecule has 1 fully saturated rings. The van der Waals surface area contributed by atoms with Crippen LogP contribution >= 0.6 is 0 Å². The van der Waals surface area contributed by atoms with Crippen LogP contribution < -0.4 is 0 Å². The zero-order chi connectivity index (χ0) is 58.9. The maximum absolute atomic E-state index is 11.2. The number of likely N-dealkylation sites (N-methyl/N-ethyl adjacent to an activating group) is 3. The first-order chi connectivity index (χ1) is 33.2. The van der Waals surface area contributed by atoms with Crippen LogP contribution in [-0.2, 0) is 28.6 Å². The van der Waals surface area contributed by atoms with Gasteiger partial charge in [-0.05, 0) is 166 Å². The van der Waals surface area contributed by atoms with Gasteiger partial charge in [-0.3, -0.25) is 29.1 Å². The molecule has 0 spiro atoms. The summed E-state index contributed by atoms with van der Waals surface area (Å²) in [4.78, 5) is 42.5. The van der Waals surface area contributed by atoms with Gasteiger partial charge in [0.15, 0.2) is 0 Å². The van der Waals surface area contributed by atoms with E-state index in [4.69, 9.17) is 14.2 Å². The minimum absolute atomic E-state index is 0.163. The van der Waals surface area contributed by atoms with E-state index in [0.717, 1.165) is 49.8 Å². The Balaban J connectivity index is -0.000000180. The van der Waals surface area contributed by atoms with Crippen LogP contribution in [0.2, 0.25) is 24.2 Å². The molecule has 0 amide bonds. The molecule has 1 aliphatic rings. The molecule has 444 valence electrons. The SMILES string of the molecule is CC(C)C(=O)CN(C)C(C)C.CC(C)C(=O)CN(C)C(C)C.CC(C)C(=O)CN(C)C(C)C.CC(C)CCOC(C)C.CC(C)CCOC(C)C.CC(C)COCC(C)C.CC(C)N1CC[Si](C)(C(C)C)CC1. The Morgan fingerprint density at radius 1 is 0.438 bits per heavy atom. The lowest BCUT2D eigenvalue weighted by Gasteiger charge is -2.42. The van der Waals surface area contributed by atoms with Crippen molar-refractivity contribution in [1.82, 2.24) is 19.6 Å². The summed E-state index contributed by atoms with van der Waals surface area (Å²) in [5, 5.41) is 0. The van der Waals surface area contributed by atoms with Crippen LogP contribution in [0.3, 0.4) is 0 Å². The summed E-state index contributed by atoms with van der Waals surface area (Å²) in [6.07, 6.45) is 3.14. The van der Waals surface area contributed by atoms with Gasteiger partial charge in [0.05, 0.1) is 39.9 Å². The van der Waals surface area contributed by atoms with Gasteiger partial charge in [-0.15, -0.1) is 0 Å². The lowest BCUT2D eigenvalue weighted by molar-refractivity contribution is -0.123. The van der Waals surface area contributed by atoms with E-state index in [0.29, 0.717) is 79.2 Å². The van der Waals surface area contributed by atoms with E-state index in [2.05, 4.69) is 178 Å². The van der Waals surface area contributed by atoms with Crippen LogP contribution in [0.5, 0.6) is 0 Å². The molecule has 0 N–H and O–H groups in total. The summed E-state index contributed by atoms with van der Waals surface area (Å²) in [6.45, 7) is 70.2. The number of hydrogen-bond acceptors (Lipinski definition) is 10. The average Bonchev–Trinajstić information content (AvgIpc) is 3.24. The van der Waals surface area contributed by atoms with Gasteiger partial charge in [-0.25, -0.2) is 0 Å². The monoisotopic (exact) mass is 1060 g/mol. The highest BCUT2D eigenvalue weighted by atomic mass is 28.3. The normalized spacial score (nSPS) is 13.8. The fraction of sp³-hybridized carbons (Fsp3) is 0.952. The molecule has 0 aromatic rings. The Hall–Kier alpha value is -1.05. The summed E-state index contributed by atoms with van der Waals surface area (Å²) >= 11 is 0. The molecule has 1 rings (SSSR count). The molecule has 1 saturated heterocycles. The van der Waals surface area contributed by atoms with Crippen molar-refractivity contribution >= 4 is 25.4 Å². The zero-order valence-corrected chi connectivity index (χ0v) is 56.5. The molecule has 0 aliphatic carbocycles. The van der Waals surface area contributed by atoms with Gasteiger partial charge in [0.25, 0.3) is 0 Å². The first-order valence-electron chi connectivity index (χ1n) is 29.4. The summed E-state index contributed by atoms with van der Waals surface area (Å²) in [7, 11) is 5.09. The van der Waals surface area contributed by atoms with Gasteiger partial charge in [-0.1, -0.05) is 123 Å². The number of ketones is 3. The summed E-state index contributed by atoms with van der Waals surface area (Å²) in [6, 6.07) is 5.16. The fourth-order valence-corrected chi connectivity index (χ4v) is 8.58. The molecular weight excluding hydrogens is 925 g/mol. The molecule has 73 heavy (non-hydrogen) atoms. The van der Waals surface area contributed by atoms with E-state index >= 15 is 0 Å². The fourth-order valence-electron chi connectivity index (χ4n) is 5.58. The molecule has 0 radical (unpaired) electrons. The Labute approximate surface area is 460 Å². The van der Waals surface area contributed by atoms with Gasteiger partial charge >= 0.3 is 0 Å². The number of nitrogens with zero attached hydrogens (tertiary/aromatic N) is 4. The van der Waals surface area contributed by atoms with Crippen molar-refractivity contribution in [2.75, 3.05) is 80.3 Å². The standard InChI is InChI=1S/C11H25NSi.3C9H19NO.3C8H18O/c1-10(2)12-6-8-13(5,9-7-12)11(3)4;3*1-7(2)9(11)6-10(5)8(3)4;1-7(2)5-9-6-8(3)4;2*1-7(2)5-6-9-8(3)4/h10-11H,6-9H2,1-5H3;3*7-8H,6H2,1-5H3;3*7-8H,5-6H2,1-4H3. The van der Waals surface area contributed by atoms with E-state index in [1.807, 2.05) is 62.7 Å². The molecule has 0 aromatic carbocycles. The maximum atomic E-state index is 11.2. The first kappa shape index (κ1) is 83.3. The minimum Gasteiger partial charge on any atom is -0.381 e. The van der Waals surface area contributed by atoms with Crippen molar-refractivity contribution in [3.8, 4) is 0 Å². The smallest absolute Gasteiger partial charge is 0.149 e. The van der Waals surface area contributed by atoms with Crippen molar-refractivity contribution in [3.63, 3.8) is 0 Å². The molecule has 1 aliphatic heterocycles. The number of carbonyl (C=O) groups is 3. The van der Waals surface area contributed by atoms with Gasteiger partial charge in [0.1, 0.15) is 17.3 Å². The highest BCUT2D eigenvalue weighted by molar-refractivity contribution is 6.80. The lowest BCUT2D eigenvalue weighted by atomic mass is 10.1. The van der Waals surface area contributed by atoms with E-state index in [1.54, 1.807) is 0 Å². The van der Waals surface area contributed by atoms with E-state index in [9.17, 15) is 14.4 Å². The predicted octanol–water partition coefficient (Wildman–Crippen LogP) is 15.1. The number of ether oxygens (including phenoxy) is 3. The second-order valence-electron chi connectivity index (χ2n) is 25.9. The number of Topliss-reactive ketones (excluding diaryl/α,β-unsaturated/α-hetero) is 3. The van der Waals surface area contributed by atoms with Crippen LogP contribution in [-0.4, -0.2) is 162 Å². The third-order valence-corrected chi connectivity index (χ3v) is 18.6. The molecule has 0 aromatic heterocycles.